The summed E-state index contributed by atoms with van der Waals surface area (Å²) in [5.41, 5.74) is 1.27. The Morgan fingerprint density at radius 1 is 1.67 bits per heavy atom. The van der Waals surface area contributed by atoms with Gasteiger partial charge in [0.2, 0.25) is 6.33 Å². The second kappa shape index (κ2) is 4.33. The van der Waals surface area contributed by atoms with Crippen molar-refractivity contribution < 1.29 is 14.6 Å². The molecule has 84 valence electrons. The average molecular weight is 212 g/mol. The van der Waals surface area contributed by atoms with Crippen molar-refractivity contribution in [3.8, 4) is 0 Å². The zero-order chi connectivity index (χ0) is 11.6. The third-order valence-corrected chi connectivity index (χ3v) is 2.65. The number of carbonyl (C=O) groups is 1. The molecule has 0 aliphatic carbocycles. The van der Waals surface area contributed by atoms with Crippen LogP contribution in [0.1, 0.15) is 37.2 Å². The maximum absolute atomic E-state index is 11.3. The molecule has 0 spiro atoms. The van der Waals surface area contributed by atoms with Gasteiger partial charge in [-0.1, -0.05) is 13.3 Å². The summed E-state index contributed by atoms with van der Waals surface area (Å²) in [6.45, 7) is 5.37. The molecule has 1 aromatic heterocycles. The van der Waals surface area contributed by atoms with Gasteiger partial charge in [-0.05, 0) is 6.42 Å². The smallest absolute Gasteiger partial charge is 0.349 e. The Bertz CT molecular complexity index is 371. The zero-order valence-electron chi connectivity index (χ0n) is 9.23. The van der Waals surface area contributed by atoms with Crippen molar-refractivity contribution >= 4 is 5.97 Å². The molecule has 1 atom stereocenters. The summed E-state index contributed by atoms with van der Waals surface area (Å²) >= 11 is 0. The van der Waals surface area contributed by atoms with Crippen LogP contribution in [0.3, 0.4) is 0 Å². The molecule has 5 nitrogen and oxygen atoms in total. The lowest BCUT2D eigenvalue weighted by atomic mass is 10.1. The lowest BCUT2D eigenvalue weighted by Crippen LogP contribution is -2.27. The van der Waals surface area contributed by atoms with Gasteiger partial charge in [-0.15, -0.1) is 0 Å². The van der Waals surface area contributed by atoms with E-state index in [0.29, 0.717) is 22.5 Å². The molecule has 1 heterocycles. The molecule has 5 heteroatoms. The van der Waals surface area contributed by atoms with Gasteiger partial charge in [-0.25, -0.2) is 14.1 Å². The molecule has 15 heavy (non-hydrogen) atoms. The minimum Gasteiger partial charge on any atom is -0.711 e. The third kappa shape index (κ3) is 2.11. The van der Waals surface area contributed by atoms with Crippen molar-refractivity contribution in [2.24, 2.45) is 0 Å². The first-order valence-corrected chi connectivity index (χ1v) is 4.99. The molecule has 0 aromatic carbocycles. The number of aliphatic carboxylic acids is 1. The van der Waals surface area contributed by atoms with E-state index in [1.165, 1.54) is 10.9 Å². The topological polar surface area (TPSA) is 69.2 Å². The van der Waals surface area contributed by atoms with Crippen molar-refractivity contribution in [1.82, 2.24) is 4.57 Å². The molecule has 0 aliphatic heterocycles. The summed E-state index contributed by atoms with van der Waals surface area (Å²) in [5.74, 6) is -0.893. The summed E-state index contributed by atoms with van der Waals surface area (Å²) < 4.78 is 2.25. The van der Waals surface area contributed by atoms with E-state index in [4.69, 9.17) is 5.11 Å². The molecule has 0 radical (unpaired) electrons. The van der Waals surface area contributed by atoms with Crippen molar-refractivity contribution in [3.05, 3.63) is 22.9 Å². The third-order valence-electron chi connectivity index (χ3n) is 2.65. The Morgan fingerprint density at radius 3 is 2.60 bits per heavy atom. The van der Waals surface area contributed by atoms with Gasteiger partial charge in [0.25, 0.3) is 0 Å². The summed E-state index contributed by atoms with van der Waals surface area (Å²) in [4.78, 5) is 11.0. The number of carboxylic acids is 1. The number of nitrogens with zero attached hydrogens (tertiary/aromatic N) is 2. The van der Waals surface area contributed by atoms with Crippen molar-refractivity contribution in [2.75, 3.05) is 0 Å². The standard InChI is InChI=1S/C10H16N2O3/c1-4-5-9(10(13)14)11-6-12(15)8(3)7(11)2/h6,9H,4-5H2,1-3H3,(H,13,14)/t9-/m1/s1. The number of aromatic nitrogens is 2. The van der Waals surface area contributed by atoms with Crippen LogP contribution in [-0.2, 0) is 4.79 Å². The normalized spacial score (nSPS) is 12.7. The summed E-state index contributed by atoms with van der Waals surface area (Å²) in [6.07, 6.45) is 2.61. The number of imidazole rings is 1. The number of hydrogen-bond donors (Lipinski definition) is 1. The molecule has 0 fully saturated rings. The SMILES string of the molecule is CCC[C@H](C(=O)O)n1c[n+]([O-])c(C)c1C. The van der Waals surface area contributed by atoms with Gasteiger partial charge in [0.15, 0.2) is 6.04 Å². The summed E-state index contributed by atoms with van der Waals surface area (Å²) in [6, 6.07) is -0.635. The molecule has 0 bridgehead atoms. The van der Waals surface area contributed by atoms with Crippen LogP contribution in [0.15, 0.2) is 6.33 Å². The Balaban J connectivity index is 3.11. The highest BCUT2D eigenvalue weighted by Crippen LogP contribution is 2.17. The van der Waals surface area contributed by atoms with Gasteiger partial charge < -0.3 is 10.3 Å². The highest BCUT2D eigenvalue weighted by molar-refractivity contribution is 5.71. The maximum Gasteiger partial charge on any atom is 0.349 e. The van der Waals surface area contributed by atoms with Gasteiger partial charge in [0.05, 0.1) is 0 Å². The zero-order valence-corrected chi connectivity index (χ0v) is 9.23. The van der Waals surface area contributed by atoms with Crippen molar-refractivity contribution in [3.63, 3.8) is 0 Å². The van der Waals surface area contributed by atoms with E-state index in [-0.39, 0.29) is 0 Å². The van der Waals surface area contributed by atoms with Crippen LogP contribution in [-0.4, -0.2) is 15.6 Å². The molecular weight excluding hydrogens is 196 g/mol. The van der Waals surface area contributed by atoms with E-state index in [0.717, 1.165) is 6.42 Å². The van der Waals surface area contributed by atoms with Crippen LogP contribution >= 0.6 is 0 Å². The van der Waals surface area contributed by atoms with Crippen LogP contribution in [0, 0.1) is 19.1 Å². The minimum atomic E-state index is -0.893. The quantitative estimate of drug-likeness (QED) is 0.601. The van der Waals surface area contributed by atoms with E-state index in [1.807, 2.05) is 6.92 Å². The molecule has 0 saturated carbocycles. The lowest BCUT2D eigenvalue weighted by molar-refractivity contribution is -0.611. The highest BCUT2D eigenvalue weighted by atomic mass is 16.5. The highest BCUT2D eigenvalue weighted by Gasteiger charge is 2.27. The van der Waals surface area contributed by atoms with Gasteiger partial charge in [-0.3, -0.25) is 0 Å². The van der Waals surface area contributed by atoms with Gasteiger partial charge >= 0.3 is 5.97 Å². The monoisotopic (exact) mass is 212 g/mol. The average Bonchev–Trinajstić information content (AvgIpc) is 2.42. The molecule has 0 unspecified atom stereocenters. The molecule has 0 saturated heterocycles. The van der Waals surface area contributed by atoms with E-state index in [2.05, 4.69) is 0 Å². The van der Waals surface area contributed by atoms with E-state index >= 15 is 0 Å². The van der Waals surface area contributed by atoms with Crippen LogP contribution < -0.4 is 4.73 Å². The Labute approximate surface area is 88.5 Å². The van der Waals surface area contributed by atoms with Crippen LogP contribution in [0.2, 0.25) is 0 Å². The first kappa shape index (κ1) is 11.6. The number of rotatable bonds is 4. The Morgan fingerprint density at radius 2 is 2.27 bits per heavy atom. The molecule has 0 aliphatic rings. The first-order chi connectivity index (χ1) is 6.99. The fourth-order valence-electron chi connectivity index (χ4n) is 1.60. The maximum atomic E-state index is 11.3. The Kier molecular flexibility index (Phi) is 3.34. The van der Waals surface area contributed by atoms with Crippen LogP contribution in [0.4, 0.5) is 0 Å². The lowest BCUT2D eigenvalue weighted by Gasteiger charge is -2.08. The fraction of sp³-hybridized carbons (Fsp3) is 0.600. The van der Waals surface area contributed by atoms with Crippen molar-refractivity contribution in [2.45, 2.75) is 39.7 Å². The number of hydrogen-bond acceptors (Lipinski definition) is 2. The molecule has 1 N–H and O–H groups in total. The molecule has 0 amide bonds. The van der Waals surface area contributed by atoms with Crippen LogP contribution in [0.25, 0.3) is 0 Å². The van der Waals surface area contributed by atoms with Gasteiger partial charge in [-0.2, -0.15) is 0 Å². The van der Waals surface area contributed by atoms with E-state index in [9.17, 15) is 10.0 Å². The summed E-state index contributed by atoms with van der Waals surface area (Å²) in [7, 11) is 0. The van der Waals surface area contributed by atoms with Crippen molar-refractivity contribution in [1.29, 1.82) is 0 Å². The van der Waals surface area contributed by atoms with E-state index in [1.54, 1.807) is 13.8 Å². The number of carboxylic acid groups (broad SMARTS) is 1. The van der Waals surface area contributed by atoms with Crippen LogP contribution in [0.5, 0.6) is 0 Å². The fourth-order valence-corrected chi connectivity index (χ4v) is 1.60. The van der Waals surface area contributed by atoms with Gasteiger partial charge in [0, 0.05) is 13.8 Å². The molecular formula is C10H16N2O3. The minimum absolute atomic E-state index is 0.532. The van der Waals surface area contributed by atoms with Gasteiger partial charge in [0.1, 0.15) is 11.4 Å². The molecule has 1 aromatic rings. The summed E-state index contributed by atoms with van der Waals surface area (Å²) in [5, 5.41) is 20.3. The Hall–Kier alpha value is -1.52. The largest absolute Gasteiger partial charge is 0.711 e. The predicted octanol–water partition coefficient (Wildman–Crippen LogP) is 1.16. The molecule has 1 rings (SSSR count). The second-order valence-electron chi connectivity index (χ2n) is 3.66. The second-order valence-corrected chi connectivity index (χ2v) is 3.66. The van der Waals surface area contributed by atoms with E-state index < -0.39 is 12.0 Å². The first-order valence-electron chi connectivity index (χ1n) is 4.99. The predicted molar refractivity (Wildman–Crippen MR) is 54.4 cm³/mol.